The van der Waals surface area contributed by atoms with E-state index in [0.717, 1.165) is 12.7 Å². The standard InChI is InChI=1S/C13H17N5O3S/c1-8-9(6-14-16-8)13(19)18-5-3-4-10(18)12-11(7-15-17-12)22(2,20)21/h6-7,10H,3-5H2,1-2H3,(H,14,16)(H,15,17)/t10-/m1/s1. The fraction of sp³-hybridized carbons (Fsp3) is 0.462. The summed E-state index contributed by atoms with van der Waals surface area (Å²) in [5, 5.41) is 13.2. The summed E-state index contributed by atoms with van der Waals surface area (Å²) in [7, 11) is -3.39. The topological polar surface area (TPSA) is 112 Å². The van der Waals surface area contributed by atoms with Crippen molar-refractivity contribution in [3.63, 3.8) is 0 Å². The van der Waals surface area contributed by atoms with Crippen molar-refractivity contribution in [2.45, 2.75) is 30.7 Å². The van der Waals surface area contributed by atoms with Gasteiger partial charge < -0.3 is 4.90 Å². The van der Waals surface area contributed by atoms with E-state index in [0.29, 0.717) is 29.9 Å². The van der Waals surface area contributed by atoms with Crippen LogP contribution in [0.1, 0.15) is 40.6 Å². The molecule has 0 spiro atoms. The summed E-state index contributed by atoms with van der Waals surface area (Å²) in [5.74, 6) is -0.150. The number of hydrogen-bond acceptors (Lipinski definition) is 5. The molecule has 22 heavy (non-hydrogen) atoms. The van der Waals surface area contributed by atoms with Crippen LogP contribution in [0.3, 0.4) is 0 Å². The quantitative estimate of drug-likeness (QED) is 0.868. The van der Waals surface area contributed by atoms with Crippen molar-refractivity contribution in [2.75, 3.05) is 12.8 Å². The maximum Gasteiger partial charge on any atom is 0.257 e. The molecule has 0 saturated carbocycles. The molecule has 3 rings (SSSR count). The predicted octanol–water partition coefficient (Wildman–Crippen LogP) is 0.822. The molecule has 2 aromatic heterocycles. The van der Waals surface area contributed by atoms with Crippen LogP contribution in [0.2, 0.25) is 0 Å². The van der Waals surface area contributed by atoms with Gasteiger partial charge in [-0.05, 0) is 19.8 Å². The molecule has 1 aliphatic rings. The smallest absolute Gasteiger partial charge is 0.257 e. The Morgan fingerprint density at radius 3 is 2.68 bits per heavy atom. The van der Waals surface area contributed by atoms with Crippen molar-refractivity contribution in [1.29, 1.82) is 0 Å². The first-order valence-corrected chi connectivity index (χ1v) is 8.83. The number of amides is 1. The summed E-state index contributed by atoms with van der Waals surface area (Å²) in [6.45, 7) is 2.36. The Hall–Kier alpha value is -2.16. The molecule has 0 radical (unpaired) electrons. The van der Waals surface area contributed by atoms with Crippen LogP contribution in [-0.4, -0.2) is 52.4 Å². The van der Waals surface area contributed by atoms with Gasteiger partial charge in [0.15, 0.2) is 9.84 Å². The zero-order valence-corrected chi connectivity index (χ0v) is 13.1. The second kappa shape index (κ2) is 5.24. The second-order valence-electron chi connectivity index (χ2n) is 5.49. The summed E-state index contributed by atoms with van der Waals surface area (Å²) in [6, 6.07) is -0.311. The van der Waals surface area contributed by atoms with Gasteiger partial charge in [0.25, 0.3) is 5.91 Å². The number of aryl methyl sites for hydroxylation is 1. The number of aromatic nitrogens is 4. The third-order valence-electron chi connectivity index (χ3n) is 3.94. The minimum absolute atomic E-state index is 0.150. The number of carbonyl (C=O) groups excluding carboxylic acids is 1. The van der Waals surface area contributed by atoms with Crippen LogP contribution < -0.4 is 0 Å². The van der Waals surface area contributed by atoms with Crippen LogP contribution in [0.25, 0.3) is 0 Å². The first-order chi connectivity index (χ1) is 10.4. The van der Waals surface area contributed by atoms with Crippen LogP contribution in [0.15, 0.2) is 17.3 Å². The number of hydrogen-bond donors (Lipinski definition) is 2. The summed E-state index contributed by atoms with van der Waals surface area (Å²) in [5.41, 5.74) is 1.69. The number of sulfone groups is 1. The van der Waals surface area contributed by atoms with Gasteiger partial charge in [-0.15, -0.1) is 0 Å². The van der Waals surface area contributed by atoms with Gasteiger partial charge in [-0.2, -0.15) is 10.2 Å². The van der Waals surface area contributed by atoms with Crippen LogP contribution in [0, 0.1) is 6.92 Å². The number of nitrogens with one attached hydrogen (secondary N) is 2. The summed E-state index contributed by atoms with van der Waals surface area (Å²) < 4.78 is 23.7. The maximum absolute atomic E-state index is 12.7. The highest BCUT2D eigenvalue weighted by atomic mass is 32.2. The van der Waals surface area contributed by atoms with Crippen molar-refractivity contribution < 1.29 is 13.2 Å². The van der Waals surface area contributed by atoms with Crippen LogP contribution in [0.5, 0.6) is 0 Å². The highest BCUT2D eigenvalue weighted by molar-refractivity contribution is 7.90. The van der Waals surface area contributed by atoms with Crippen molar-refractivity contribution in [1.82, 2.24) is 25.3 Å². The van der Waals surface area contributed by atoms with Crippen LogP contribution >= 0.6 is 0 Å². The molecule has 0 bridgehead atoms. The number of aromatic amines is 2. The average Bonchev–Trinajstić information content (AvgIpc) is 3.16. The lowest BCUT2D eigenvalue weighted by Crippen LogP contribution is -2.31. The molecule has 3 heterocycles. The summed E-state index contributed by atoms with van der Waals surface area (Å²) in [6.07, 6.45) is 5.46. The van der Waals surface area contributed by atoms with Gasteiger partial charge in [-0.25, -0.2) is 8.42 Å². The fourth-order valence-corrected chi connectivity index (χ4v) is 3.68. The third-order valence-corrected chi connectivity index (χ3v) is 5.06. The monoisotopic (exact) mass is 323 g/mol. The number of H-pyrrole nitrogens is 2. The zero-order valence-electron chi connectivity index (χ0n) is 12.3. The minimum atomic E-state index is -3.39. The number of nitrogens with zero attached hydrogens (tertiary/aromatic N) is 3. The lowest BCUT2D eigenvalue weighted by atomic mass is 10.1. The number of rotatable bonds is 3. The van der Waals surface area contributed by atoms with Crippen molar-refractivity contribution in [3.05, 3.63) is 29.3 Å². The molecule has 0 aliphatic carbocycles. The van der Waals surface area contributed by atoms with Gasteiger partial charge in [-0.1, -0.05) is 0 Å². The van der Waals surface area contributed by atoms with Gasteiger partial charge in [0.05, 0.1) is 29.7 Å². The first kappa shape index (κ1) is 14.8. The molecule has 1 atom stereocenters. The van der Waals surface area contributed by atoms with Crippen molar-refractivity contribution in [2.24, 2.45) is 0 Å². The highest BCUT2D eigenvalue weighted by Crippen LogP contribution is 2.35. The van der Waals surface area contributed by atoms with E-state index in [1.807, 2.05) is 0 Å². The third kappa shape index (κ3) is 2.41. The van der Waals surface area contributed by atoms with Crippen molar-refractivity contribution in [3.8, 4) is 0 Å². The Morgan fingerprint density at radius 2 is 2.05 bits per heavy atom. The van der Waals surface area contributed by atoms with E-state index >= 15 is 0 Å². The van der Waals surface area contributed by atoms with E-state index in [1.165, 1.54) is 12.4 Å². The van der Waals surface area contributed by atoms with Crippen LogP contribution in [-0.2, 0) is 9.84 Å². The molecular formula is C13H17N5O3S. The van der Waals surface area contributed by atoms with Gasteiger partial charge >= 0.3 is 0 Å². The normalized spacial score (nSPS) is 18.8. The lowest BCUT2D eigenvalue weighted by molar-refractivity contribution is 0.0730. The van der Waals surface area contributed by atoms with Gasteiger partial charge in [-0.3, -0.25) is 15.0 Å². The van der Waals surface area contributed by atoms with Gasteiger partial charge in [0.1, 0.15) is 4.90 Å². The van der Waals surface area contributed by atoms with E-state index in [2.05, 4.69) is 20.4 Å². The molecule has 1 fully saturated rings. The van der Waals surface area contributed by atoms with E-state index < -0.39 is 9.84 Å². The Balaban J connectivity index is 1.97. The molecule has 1 amide bonds. The molecule has 118 valence electrons. The van der Waals surface area contributed by atoms with E-state index in [4.69, 9.17) is 0 Å². The van der Waals surface area contributed by atoms with E-state index in [-0.39, 0.29) is 16.8 Å². The maximum atomic E-state index is 12.7. The average molecular weight is 323 g/mol. The summed E-state index contributed by atoms with van der Waals surface area (Å²) in [4.78, 5) is 14.5. The zero-order chi connectivity index (χ0) is 15.9. The molecule has 1 saturated heterocycles. The van der Waals surface area contributed by atoms with Gasteiger partial charge in [0, 0.05) is 18.5 Å². The van der Waals surface area contributed by atoms with E-state index in [9.17, 15) is 13.2 Å². The fourth-order valence-electron chi connectivity index (χ4n) is 2.85. The number of carbonyl (C=O) groups is 1. The lowest BCUT2D eigenvalue weighted by Gasteiger charge is -2.24. The molecule has 2 aromatic rings. The molecular weight excluding hydrogens is 306 g/mol. The van der Waals surface area contributed by atoms with E-state index in [1.54, 1.807) is 11.8 Å². The number of likely N-dealkylation sites (tertiary alicyclic amines) is 1. The molecule has 2 N–H and O–H groups in total. The summed E-state index contributed by atoms with van der Waals surface area (Å²) >= 11 is 0. The Bertz CT molecular complexity index is 807. The molecule has 8 nitrogen and oxygen atoms in total. The Kier molecular flexibility index (Phi) is 3.51. The minimum Gasteiger partial charge on any atom is -0.330 e. The molecule has 0 unspecified atom stereocenters. The Morgan fingerprint density at radius 1 is 1.32 bits per heavy atom. The van der Waals surface area contributed by atoms with Crippen molar-refractivity contribution >= 4 is 15.7 Å². The SMILES string of the molecule is Cc1[nH]ncc1C(=O)N1CCC[C@@H]1c1[nH]ncc1S(C)(=O)=O. The molecule has 9 heteroatoms. The Labute approximate surface area is 127 Å². The predicted molar refractivity (Wildman–Crippen MR) is 78.0 cm³/mol. The molecule has 0 aromatic carbocycles. The highest BCUT2D eigenvalue weighted by Gasteiger charge is 2.35. The van der Waals surface area contributed by atoms with Crippen LogP contribution in [0.4, 0.5) is 0 Å². The largest absolute Gasteiger partial charge is 0.330 e. The second-order valence-corrected chi connectivity index (χ2v) is 7.47. The first-order valence-electron chi connectivity index (χ1n) is 6.94. The van der Waals surface area contributed by atoms with Gasteiger partial charge in [0.2, 0.25) is 0 Å². The molecule has 1 aliphatic heterocycles.